The average molecular weight is 259 g/mol. The van der Waals surface area contributed by atoms with Crippen molar-refractivity contribution < 1.29 is 4.74 Å². The van der Waals surface area contributed by atoms with Crippen molar-refractivity contribution in [3.05, 3.63) is 29.8 Å². The first-order chi connectivity index (χ1) is 9.04. The van der Waals surface area contributed by atoms with Crippen LogP contribution < -0.4 is 10.1 Å². The lowest BCUT2D eigenvalue weighted by Gasteiger charge is -2.49. The maximum Gasteiger partial charge on any atom is 0.124 e. The van der Waals surface area contributed by atoms with Gasteiger partial charge < -0.3 is 10.1 Å². The molecule has 2 atom stereocenters. The Hall–Kier alpha value is -1.02. The molecule has 1 N–H and O–H groups in total. The van der Waals surface area contributed by atoms with Gasteiger partial charge in [0.15, 0.2) is 0 Å². The van der Waals surface area contributed by atoms with Gasteiger partial charge in [-0.1, -0.05) is 32.0 Å². The number of nitrogens with one attached hydrogen (secondary N) is 1. The molecule has 0 saturated heterocycles. The van der Waals surface area contributed by atoms with Crippen LogP contribution in [0.15, 0.2) is 24.3 Å². The highest BCUT2D eigenvalue weighted by molar-refractivity contribution is 5.39. The van der Waals surface area contributed by atoms with Crippen molar-refractivity contribution in [3.8, 4) is 5.75 Å². The highest BCUT2D eigenvalue weighted by Gasteiger charge is 2.46. The number of fused-ring (bicyclic) bond motifs is 1. The zero-order valence-corrected chi connectivity index (χ0v) is 12.3. The Bertz CT molecular complexity index is 468. The Morgan fingerprint density at radius 3 is 2.74 bits per heavy atom. The van der Waals surface area contributed by atoms with Crippen LogP contribution in [0.2, 0.25) is 0 Å². The van der Waals surface area contributed by atoms with Crippen molar-refractivity contribution in [3.63, 3.8) is 0 Å². The zero-order chi connectivity index (χ0) is 13.5. The molecule has 104 valence electrons. The normalized spacial score (nSPS) is 32.7. The molecule has 1 fully saturated rings. The van der Waals surface area contributed by atoms with Crippen molar-refractivity contribution in [1.82, 2.24) is 5.32 Å². The van der Waals surface area contributed by atoms with E-state index in [1.54, 1.807) is 0 Å². The first-order valence-electron chi connectivity index (χ1n) is 7.49. The van der Waals surface area contributed by atoms with Gasteiger partial charge in [0.1, 0.15) is 11.4 Å². The Balaban J connectivity index is 1.94. The molecule has 0 bridgehead atoms. The molecule has 2 unspecified atom stereocenters. The van der Waals surface area contributed by atoms with E-state index < -0.39 is 0 Å². The highest BCUT2D eigenvalue weighted by atomic mass is 16.5. The fourth-order valence-corrected chi connectivity index (χ4v) is 4.08. The number of para-hydroxylation sites is 1. The van der Waals surface area contributed by atoms with E-state index in [9.17, 15) is 0 Å². The van der Waals surface area contributed by atoms with Crippen LogP contribution in [0.5, 0.6) is 5.75 Å². The second-order valence-corrected chi connectivity index (χ2v) is 7.06. The molecule has 0 aromatic heterocycles. The summed E-state index contributed by atoms with van der Waals surface area (Å²) in [5.74, 6) is 1.09. The Kier molecular flexibility index (Phi) is 3.09. The van der Waals surface area contributed by atoms with E-state index in [1.165, 1.54) is 31.2 Å². The van der Waals surface area contributed by atoms with Gasteiger partial charge in [-0.25, -0.2) is 0 Å². The second kappa shape index (κ2) is 4.52. The molecule has 1 aromatic carbocycles. The summed E-state index contributed by atoms with van der Waals surface area (Å²) < 4.78 is 6.49. The van der Waals surface area contributed by atoms with E-state index in [4.69, 9.17) is 4.74 Å². The summed E-state index contributed by atoms with van der Waals surface area (Å²) in [5, 5.41) is 3.48. The van der Waals surface area contributed by atoms with Gasteiger partial charge in [-0.15, -0.1) is 0 Å². The van der Waals surface area contributed by atoms with Crippen molar-refractivity contribution >= 4 is 0 Å². The van der Waals surface area contributed by atoms with Gasteiger partial charge in [-0.05, 0) is 44.2 Å². The molecule has 3 rings (SSSR count). The number of benzene rings is 1. The molecule has 1 saturated carbocycles. The second-order valence-electron chi connectivity index (χ2n) is 7.06. The van der Waals surface area contributed by atoms with Crippen LogP contribution in [0, 0.1) is 5.41 Å². The van der Waals surface area contributed by atoms with Crippen LogP contribution in [-0.2, 0) is 0 Å². The summed E-state index contributed by atoms with van der Waals surface area (Å²) in [6, 6.07) is 8.94. The number of hydrogen-bond donors (Lipinski definition) is 1. The van der Waals surface area contributed by atoms with Crippen LogP contribution in [0.3, 0.4) is 0 Å². The van der Waals surface area contributed by atoms with Gasteiger partial charge in [-0.3, -0.25) is 0 Å². The maximum absolute atomic E-state index is 6.49. The Morgan fingerprint density at radius 2 is 2.00 bits per heavy atom. The Morgan fingerprint density at radius 1 is 1.21 bits per heavy atom. The van der Waals surface area contributed by atoms with Gasteiger partial charge >= 0.3 is 0 Å². The summed E-state index contributed by atoms with van der Waals surface area (Å²) in [6.07, 6.45) is 6.08. The molecule has 1 heterocycles. The molecule has 2 nitrogen and oxygen atoms in total. The lowest BCUT2D eigenvalue weighted by molar-refractivity contribution is -0.0413. The molecule has 1 aliphatic carbocycles. The van der Waals surface area contributed by atoms with E-state index in [0.29, 0.717) is 11.5 Å². The third-order valence-corrected chi connectivity index (χ3v) is 4.83. The fourth-order valence-electron chi connectivity index (χ4n) is 4.08. The number of hydrogen-bond acceptors (Lipinski definition) is 2. The van der Waals surface area contributed by atoms with Crippen LogP contribution in [0.4, 0.5) is 0 Å². The maximum atomic E-state index is 6.49. The molecule has 1 aliphatic heterocycles. The number of rotatable bonds is 1. The minimum atomic E-state index is 0.0454. The van der Waals surface area contributed by atoms with E-state index in [-0.39, 0.29) is 5.60 Å². The summed E-state index contributed by atoms with van der Waals surface area (Å²) >= 11 is 0. The van der Waals surface area contributed by atoms with E-state index >= 15 is 0 Å². The summed E-state index contributed by atoms with van der Waals surface area (Å²) in [6.45, 7) is 4.76. The van der Waals surface area contributed by atoms with Crippen LogP contribution in [0.1, 0.15) is 57.6 Å². The molecule has 2 aliphatic rings. The minimum Gasteiger partial charge on any atom is -0.487 e. The molecular weight excluding hydrogens is 234 g/mol. The molecule has 1 aromatic rings. The van der Waals surface area contributed by atoms with Crippen molar-refractivity contribution in [1.29, 1.82) is 0 Å². The van der Waals surface area contributed by atoms with Gasteiger partial charge in [-0.2, -0.15) is 0 Å². The van der Waals surface area contributed by atoms with Gasteiger partial charge in [0.05, 0.1) is 0 Å². The van der Waals surface area contributed by atoms with Crippen molar-refractivity contribution in [2.75, 3.05) is 7.05 Å². The SMILES string of the molecule is CNC1CC2(CCCC(C)(C)C2)Oc2ccccc21. The zero-order valence-electron chi connectivity index (χ0n) is 12.3. The largest absolute Gasteiger partial charge is 0.487 e. The van der Waals surface area contributed by atoms with Gasteiger partial charge in [0.25, 0.3) is 0 Å². The van der Waals surface area contributed by atoms with E-state index in [2.05, 4.69) is 50.5 Å². The summed E-state index contributed by atoms with van der Waals surface area (Å²) in [4.78, 5) is 0. The predicted molar refractivity (Wildman–Crippen MR) is 78.5 cm³/mol. The molecule has 19 heavy (non-hydrogen) atoms. The molecule has 1 spiro atoms. The van der Waals surface area contributed by atoms with E-state index in [1.807, 2.05) is 0 Å². The fraction of sp³-hybridized carbons (Fsp3) is 0.647. The van der Waals surface area contributed by atoms with Gasteiger partial charge in [0.2, 0.25) is 0 Å². The molecule has 0 amide bonds. The molecular formula is C17H25NO. The standard InChI is InChI=1S/C17H25NO/c1-16(2)9-6-10-17(12-16)11-14(18-3)13-7-4-5-8-15(13)19-17/h4-5,7-8,14,18H,6,9-12H2,1-3H3. The van der Waals surface area contributed by atoms with E-state index in [0.717, 1.165) is 12.2 Å². The highest BCUT2D eigenvalue weighted by Crippen LogP contribution is 2.50. The van der Waals surface area contributed by atoms with Crippen molar-refractivity contribution in [2.24, 2.45) is 5.41 Å². The first-order valence-corrected chi connectivity index (χ1v) is 7.49. The predicted octanol–water partition coefficient (Wildman–Crippen LogP) is 4.07. The third-order valence-electron chi connectivity index (χ3n) is 4.83. The quantitative estimate of drug-likeness (QED) is 0.821. The number of ether oxygens (including phenoxy) is 1. The van der Waals surface area contributed by atoms with Crippen LogP contribution >= 0.6 is 0 Å². The Labute approximate surface area is 116 Å². The molecule has 0 radical (unpaired) electrons. The lowest BCUT2D eigenvalue weighted by Crippen LogP contribution is -2.48. The lowest BCUT2D eigenvalue weighted by atomic mass is 9.66. The smallest absolute Gasteiger partial charge is 0.124 e. The summed E-state index contributed by atoms with van der Waals surface area (Å²) in [5.41, 5.74) is 1.77. The molecule has 2 heteroatoms. The minimum absolute atomic E-state index is 0.0454. The van der Waals surface area contributed by atoms with Gasteiger partial charge in [0, 0.05) is 18.0 Å². The van der Waals surface area contributed by atoms with Crippen LogP contribution in [-0.4, -0.2) is 12.6 Å². The topological polar surface area (TPSA) is 21.3 Å². The third kappa shape index (κ3) is 2.38. The van der Waals surface area contributed by atoms with Crippen molar-refractivity contribution in [2.45, 2.75) is 57.6 Å². The summed E-state index contributed by atoms with van der Waals surface area (Å²) in [7, 11) is 2.06. The van der Waals surface area contributed by atoms with Crippen LogP contribution in [0.25, 0.3) is 0 Å². The first kappa shape index (κ1) is 13.0. The average Bonchev–Trinajstić information content (AvgIpc) is 2.36. The monoisotopic (exact) mass is 259 g/mol.